The minimum absolute atomic E-state index is 0.348. The van der Waals surface area contributed by atoms with Crippen molar-refractivity contribution in [3.63, 3.8) is 0 Å². The van der Waals surface area contributed by atoms with Crippen LogP contribution >= 0.6 is 11.3 Å². The zero-order chi connectivity index (χ0) is 18.9. The molecule has 0 aliphatic carbocycles. The van der Waals surface area contributed by atoms with Crippen LogP contribution in [0.15, 0.2) is 35.7 Å². The number of rotatable bonds is 5. The molecule has 4 amide bonds. The predicted octanol–water partition coefficient (Wildman–Crippen LogP) is 2.28. The Morgan fingerprint density at radius 1 is 1.27 bits per heavy atom. The summed E-state index contributed by atoms with van der Waals surface area (Å²) >= 11 is 1.53. The maximum Gasteiger partial charge on any atom is 0.325 e. The third-order valence-corrected chi connectivity index (χ3v) is 5.44. The van der Waals surface area contributed by atoms with Gasteiger partial charge < -0.3 is 10.6 Å². The van der Waals surface area contributed by atoms with Gasteiger partial charge in [-0.3, -0.25) is 14.5 Å². The van der Waals surface area contributed by atoms with Crippen molar-refractivity contribution >= 4 is 29.2 Å². The molecular formula is C18H18FN3O3S. The van der Waals surface area contributed by atoms with Crippen LogP contribution in [0.4, 0.5) is 9.18 Å². The number of urea groups is 1. The molecule has 2 heterocycles. The first-order valence-corrected chi connectivity index (χ1v) is 8.89. The van der Waals surface area contributed by atoms with Gasteiger partial charge in [0.25, 0.3) is 5.91 Å². The fraction of sp³-hybridized carbons (Fsp3) is 0.278. The molecule has 1 unspecified atom stereocenters. The first-order valence-electron chi connectivity index (χ1n) is 8.01. The van der Waals surface area contributed by atoms with Crippen molar-refractivity contribution in [2.45, 2.75) is 25.9 Å². The number of amides is 4. The summed E-state index contributed by atoms with van der Waals surface area (Å²) in [4.78, 5) is 39.0. The van der Waals surface area contributed by atoms with Gasteiger partial charge in [0.15, 0.2) is 0 Å². The minimum Gasteiger partial charge on any atom is -0.350 e. The van der Waals surface area contributed by atoms with Crippen LogP contribution in [0.3, 0.4) is 0 Å². The van der Waals surface area contributed by atoms with Crippen molar-refractivity contribution in [3.8, 4) is 0 Å². The summed E-state index contributed by atoms with van der Waals surface area (Å²) in [6.07, 6.45) is 0. The molecule has 136 valence electrons. The summed E-state index contributed by atoms with van der Waals surface area (Å²) in [5, 5.41) is 7.24. The summed E-state index contributed by atoms with van der Waals surface area (Å²) in [5.41, 5.74) is 0.207. The molecule has 1 aromatic heterocycles. The summed E-state index contributed by atoms with van der Waals surface area (Å²) in [6, 6.07) is 6.63. The lowest BCUT2D eigenvalue weighted by atomic mass is 9.92. The minimum atomic E-state index is -1.32. The van der Waals surface area contributed by atoms with E-state index in [-0.39, 0.29) is 6.54 Å². The van der Waals surface area contributed by atoms with E-state index in [0.29, 0.717) is 12.1 Å². The third-order valence-electron chi connectivity index (χ3n) is 4.41. The van der Waals surface area contributed by atoms with Gasteiger partial charge >= 0.3 is 6.03 Å². The number of imide groups is 1. The number of benzene rings is 1. The largest absolute Gasteiger partial charge is 0.350 e. The standard InChI is InChI=1S/C18H18FN3O3S/c1-11-7-8-26-14(11)9-20-15(23)10-22-16(24)18(2,21-17(22)25)12-3-5-13(19)6-4-12/h3-8H,9-10H2,1-2H3,(H,20,23)(H,21,25). The lowest BCUT2D eigenvalue weighted by Gasteiger charge is -2.22. The Hall–Kier alpha value is -2.74. The maximum absolute atomic E-state index is 13.1. The van der Waals surface area contributed by atoms with E-state index in [2.05, 4.69) is 10.6 Å². The molecule has 1 aliphatic heterocycles. The van der Waals surface area contributed by atoms with Crippen molar-refractivity contribution in [2.75, 3.05) is 6.54 Å². The van der Waals surface area contributed by atoms with Crippen LogP contribution in [0.2, 0.25) is 0 Å². The highest BCUT2D eigenvalue weighted by Gasteiger charge is 2.49. The molecule has 1 aliphatic rings. The van der Waals surface area contributed by atoms with Crippen molar-refractivity contribution in [1.82, 2.24) is 15.5 Å². The molecular weight excluding hydrogens is 357 g/mol. The predicted molar refractivity (Wildman–Crippen MR) is 94.9 cm³/mol. The third kappa shape index (κ3) is 3.32. The zero-order valence-electron chi connectivity index (χ0n) is 14.3. The molecule has 6 nitrogen and oxygen atoms in total. The first-order chi connectivity index (χ1) is 12.3. The zero-order valence-corrected chi connectivity index (χ0v) is 15.2. The summed E-state index contributed by atoms with van der Waals surface area (Å²) in [7, 11) is 0. The summed E-state index contributed by atoms with van der Waals surface area (Å²) in [5.74, 6) is -1.41. The molecule has 1 fully saturated rings. The first kappa shape index (κ1) is 18.1. The Balaban J connectivity index is 1.68. The maximum atomic E-state index is 13.1. The lowest BCUT2D eigenvalue weighted by Crippen LogP contribution is -2.43. The molecule has 1 atom stereocenters. The highest BCUT2D eigenvalue weighted by molar-refractivity contribution is 7.10. The number of carbonyl (C=O) groups is 3. The Morgan fingerprint density at radius 2 is 1.96 bits per heavy atom. The van der Waals surface area contributed by atoms with Crippen LogP contribution in [-0.4, -0.2) is 29.3 Å². The molecule has 3 rings (SSSR count). The van der Waals surface area contributed by atoms with Gasteiger partial charge in [-0.05, 0) is 48.6 Å². The van der Waals surface area contributed by atoms with Crippen molar-refractivity contribution in [3.05, 3.63) is 57.5 Å². The van der Waals surface area contributed by atoms with Crippen LogP contribution in [0.5, 0.6) is 0 Å². The van der Waals surface area contributed by atoms with Gasteiger partial charge in [-0.15, -0.1) is 11.3 Å². The number of nitrogens with zero attached hydrogens (tertiary/aromatic N) is 1. The topological polar surface area (TPSA) is 78.5 Å². The Bertz CT molecular complexity index is 865. The molecule has 2 aromatic rings. The lowest BCUT2D eigenvalue weighted by molar-refractivity contribution is -0.134. The van der Waals surface area contributed by atoms with Gasteiger partial charge in [0, 0.05) is 4.88 Å². The van der Waals surface area contributed by atoms with E-state index < -0.39 is 29.2 Å². The Morgan fingerprint density at radius 3 is 2.58 bits per heavy atom. The highest BCUT2D eigenvalue weighted by atomic mass is 32.1. The molecule has 0 radical (unpaired) electrons. The Labute approximate surface area is 154 Å². The molecule has 1 aromatic carbocycles. The summed E-state index contributed by atoms with van der Waals surface area (Å²) < 4.78 is 13.1. The normalized spacial score (nSPS) is 19.6. The van der Waals surface area contributed by atoms with E-state index in [1.807, 2.05) is 18.4 Å². The molecule has 8 heteroatoms. The number of thiophene rings is 1. The van der Waals surface area contributed by atoms with Gasteiger partial charge in [-0.2, -0.15) is 0 Å². The van der Waals surface area contributed by atoms with Gasteiger partial charge in [-0.25, -0.2) is 9.18 Å². The number of hydrogen-bond acceptors (Lipinski definition) is 4. The second kappa shape index (κ2) is 6.87. The fourth-order valence-corrected chi connectivity index (χ4v) is 3.63. The van der Waals surface area contributed by atoms with E-state index in [1.54, 1.807) is 0 Å². The number of hydrogen-bond donors (Lipinski definition) is 2. The SMILES string of the molecule is Cc1ccsc1CNC(=O)CN1C(=O)NC(C)(c2ccc(F)cc2)C1=O. The van der Waals surface area contributed by atoms with E-state index in [4.69, 9.17) is 0 Å². The van der Waals surface area contributed by atoms with Gasteiger partial charge in [0.2, 0.25) is 5.91 Å². The van der Waals surface area contributed by atoms with Crippen LogP contribution in [0.1, 0.15) is 22.9 Å². The van der Waals surface area contributed by atoms with E-state index in [0.717, 1.165) is 15.3 Å². The molecule has 0 spiro atoms. The van der Waals surface area contributed by atoms with Crippen molar-refractivity contribution < 1.29 is 18.8 Å². The number of halogens is 1. The molecule has 26 heavy (non-hydrogen) atoms. The average molecular weight is 375 g/mol. The quantitative estimate of drug-likeness (QED) is 0.787. The van der Waals surface area contributed by atoms with Crippen molar-refractivity contribution in [2.24, 2.45) is 0 Å². The number of carbonyl (C=O) groups excluding carboxylic acids is 3. The monoisotopic (exact) mass is 375 g/mol. The number of aryl methyl sites for hydroxylation is 1. The molecule has 2 N–H and O–H groups in total. The molecule has 0 saturated carbocycles. The molecule has 0 bridgehead atoms. The highest BCUT2D eigenvalue weighted by Crippen LogP contribution is 2.28. The van der Waals surface area contributed by atoms with Crippen LogP contribution < -0.4 is 10.6 Å². The van der Waals surface area contributed by atoms with Gasteiger partial charge in [-0.1, -0.05) is 12.1 Å². The van der Waals surface area contributed by atoms with Gasteiger partial charge in [0.05, 0.1) is 6.54 Å². The molecule has 1 saturated heterocycles. The Kier molecular flexibility index (Phi) is 4.78. The summed E-state index contributed by atoms with van der Waals surface area (Å²) in [6.45, 7) is 3.46. The van der Waals surface area contributed by atoms with Gasteiger partial charge in [0.1, 0.15) is 17.9 Å². The van der Waals surface area contributed by atoms with Crippen LogP contribution in [-0.2, 0) is 21.7 Å². The van der Waals surface area contributed by atoms with Crippen molar-refractivity contribution in [1.29, 1.82) is 0 Å². The second-order valence-corrected chi connectivity index (χ2v) is 7.26. The van der Waals surface area contributed by atoms with Crippen LogP contribution in [0, 0.1) is 12.7 Å². The van der Waals surface area contributed by atoms with Crippen LogP contribution in [0.25, 0.3) is 0 Å². The van der Waals surface area contributed by atoms with E-state index in [9.17, 15) is 18.8 Å². The van der Waals surface area contributed by atoms with E-state index in [1.165, 1.54) is 42.5 Å². The second-order valence-electron chi connectivity index (χ2n) is 6.26. The average Bonchev–Trinajstić information content (AvgIpc) is 3.10. The van der Waals surface area contributed by atoms with E-state index >= 15 is 0 Å². The fourth-order valence-electron chi connectivity index (χ4n) is 2.78. The number of nitrogens with one attached hydrogen (secondary N) is 2. The smallest absolute Gasteiger partial charge is 0.325 e.